The minimum Gasteiger partial charge on any atom is -0.494 e. The van der Waals surface area contributed by atoms with Crippen LogP contribution in [-0.2, 0) is 0 Å². The number of ether oxygens (including phenoxy) is 2. The van der Waals surface area contributed by atoms with E-state index in [1.165, 1.54) is 0 Å². The van der Waals surface area contributed by atoms with Crippen LogP contribution in [0.5, 0.6) is 17.2 Å². The van der Waals surface area contributed by atoms with Crippen molar-refractivity contribution in [3.05, 3.63) is 52.5 Å². The molecule has 104 valence electrons. The summed E-state index contributed by atoms with van der Waals surface area (Å²) < 4.78 is 12.0. The lowest BCUT2D eigenvalue weighted by Gasteiger charge is -2.10. The number of hydrogen-bond donors (Lipinski definition) is 1. The molecule has 0 fully saturated rings. The monoisotopic (exact) mass is 351 g/mol. The van der Waals surface area contributed by atoms with E-state index in [0.717, 1.165) is 21.5 Å². The Morgan fingerprint density at radius 1 is 1.15 bits per heavy atom. The third kappa shape index (κ3) is 3.71. The van der Waals surface area contributed by atoms with Crippen molar-refractivity contribution in [2.75, 3.05) is 6.61 Å². The average molecular weight is 352 g/mol. The van der Waals surface area contributed by atoms with Crippen LogP contribution in [0.4, 0.5) is 0 Å². The Labute approximate surface area is 131 Å². The molecule has 0 amide bonds. The first-order chi connectivity index (χ1) is 9.60. The van der Waals surface area contributed by atoms with Gasteiger partial charge in [0.05, 0.1) is 11.1 Å². The second-order valence-electron chi connectivity index (χ2n) is 4.02. The van der Waals surface area contributed by atoms with Gasteiger partial charge in [-0.25, -0.2) is 0 Å². The fourth-order valence-corrected chi connectivity index (χ4v) is 2.22. The van der Waals surface area contributed by atoms with Gasteiger partial charge in [-0.1, -0.05) is 12.2 Å². The van der Waals surface area contributed by atoms with Gasteiger partial charge < -0.3 is 15.2 Å². The minimum absolute atomic E-state index is 0.360. The molecule has 0 saturated heterocycles. The van der Waals surface area contributed by atoms with Crippen LogP contribution in [0.2, 0.25) is 0 Å². The summed E-state index contributed by atoms with van der Waals surface area (Å²) in [4.78, 5) is 0.360. The van der Waals surface area contributed by atoms with Crippen molar-refractivity contribution >= 4 is 33.1 Å². The highest BCUT2D eigenvalue weighted by Crippen LogP contribution is 2.31. The molecule has 0 unspecified atom stereocenters. The first-order valence-electron chi connectivity index (χ1n) is 6.10. The summed E-state index contributed by atoms with van der Waals surface area (Å²) in [5, 5.41) is 0. The average Bonchev–Trinajstić information content (AvgIpc) is 2.43. The van der Waals surface area contributed by atoms with E-state index in [0.29, 0.717) is 17.3 Å². The first-order valence-corrected chi connectivity index (χ1v) is 7.30. The van der Waals surface area contributed by atoms with Crippen LogP contribution in [0.25, 0.3) is 0 Å². The number of rotatable bonds is 5. The first kappa shape index (κ1) is 14.8. The maximum atomic E-state index is 5.79. The van der Waals surface area contributed by atoms with E-state index in [1.807, 2.05) is 49.4 Å². The predicted molar refractivity (Wildman–Crippen MR) is 87.7 cm³/mol. The summed E-state index contributed by atoms with van der Waals surface area (Å²) in [5.41, 5.74) is 6.38. The maximum absolute atomic E-state index is 5.79. The van der Waals surface area contributed by atoms with Crippen LogP contribution in [0.1, 0.15) is 12.5 Å². The molecule has 2 N–H and O–H groups in total. The highest BCUT2D eigenvalue weighted by atomic mass is 79.9. The van der Waals surface area contributed by atoms with Crippen molar-refractivity contribution in [2.24, 2.45) is 5.73 Å². The van der Waals surface area contributed by atoms with E-state index in [2.05, 4.69) is 15.9 Å². The fourth-order valence-electron chi connectivity index (χ4n) is 1.63. The van der Waals surface area contributed by atoms with Gasteiger partial charge in [-0.2, -0.15) is 0 Å². The Bertz CT molecular complexity index is 614. The van der Waals surface area contributed by atoms with E-state index < -0.39 is 0 Å². The van der Waals surface area contributed by atoms with Gasteiger partial charge in [0.2, 0.25) is 0 Å². The highest BCUT2D eigenvalue weighted by Gasteiger charge is 2.06. The molecule has 0 aliphatic rings. The van der Waals surface area contributed by atoms with Crippen LogP contribution < -0.4 is 15.2 Å². The van der Waals surface area contributed by atoms with Crippen LogP contribution in [-0.4, -0.2) is 11.6 Å². The molecule has 0 bridgehead atoms. The van der Waals surface area contributed by atoms with Gasteiger partial charge in [0.15, 0.2) is 0 Å². The van der Waals surface area contributed by atoms with E-state index in [-0.39, 0.29) is 0 Å². The Balaban J connectivity index is 2.15. The van der Waals surface area contributed by atoms with Crippen molar-refractivity contribution in [1.82, 2.24) is 0 Å². The molecule has 0 radical (unpaired) electrons. The summed E-state index contributed by atoms with van der Waals surface area (Å²) >= 11 is 8.38. The second kappa shape index (κ2) is 6.72. The summed E-state index contributed by atoms with van der Waals surface area (Å²) in [6.07, 6.45) is 0. The molecule has 0 heterocycles. The molecule has 5 heteroatoms. The standard InChI is InChI=1S/C15H14BrNO2S/c1-2-18-11-4-6-12(7-5-11)19-14-8-3-10(15(17)20)9-13(14)16/h3-9H,2H2,1H3,(H2,17,20). The number of benzene rings is 2. The molecule has 2 aromatic rings. The molecule has 0 saturated carbocycles. The Kier molecular flexibility index (Phi) is 4.98. The smallest absolute Gasteiger partial charge is 0.141 e. The van der Waals surface area contributed by atoms with E-state index >= 15 is 0 Å². The lowest BCUT2D eigenvalue weighted by atomic mass is 10.2. The second-order valence-corrected chi connectivity index (χ2v) is 5.31. The lowest BCUT2D eigenvalue weighted by molar-refractivity contribution is 0.339. The van der Waals surface area contributed by atoms with Crippen molar-refractivity contribution in [3.63, 3.8) is 0 Å². The van der Waals surface area contributed by atoms with Crippen LogP contribution >= 0.6 is 28.1 Å². The molecule has 20 heavy (non-hydrogen) atoms. The molecule has 2 aromatic carbocycles. The third-order valence-electron chi connectivity index (χ3n) is 2.58. The Morgan fingerprint density at radius 3 is 2.35 bits per heavy atom. The van der Waals surface area contributed by atoms with Gasteiger partial charge in [0.25, 0.3) is 0 Å². The van der Waals surface area contributed by atoms with Crippen molar-refractivity contribution < 1.29 is 9.47 Å². The summed E-state index contributed by atoms with van der Waals surface area (Å²) in [5.74, 6) is 2.26. The van der Waals surface area contributed by atoms with Crippen LogP contribution in [0, 0.1) is 0 Å². The zero-order valence-electron chi connectivity index (χ0n) is 10.9. The van der Waals surface area contributed by atoms with Gasteiger partial charge in [-0.15, -0.1) is 0 Å². The molecule has 0 aliphatic heterocycles. The van der Waals surface area contributed by atoms with Crippen molar-refractivity contribution in [3.8, 4) is 17.2 Å². The summed E-state index contributed by atoms with van der Waals surface area (Å²) in [7, 11) is 0. The largest absolute Gasteiger partial charge is 0.494 e. The van der Waals surface area contributed by atoms with Crippen molar-refractivity contribution in [1.29, 1.82) is 0 Å². The van der Waals surface area contributed by atoms with Gasteiger partial charge in [0, 0.05) is 5.56 Å². The summed E-state index contributed by atoms with van der Waals surface area (Å²) in [6.45, 7) is 2.59. The SMILES string of the molecule is CCOc1ccc(Oc2ccc(C(N)=S)cc2Br)cc1. The number of thiocarbonyl (C=S) groups is 1. The third-order valence-corrected chi connectivity index (χ3v) is 3.43. The van der Waals surface area contributed by atoms with E-state index in [9.17, 15) is 0 Å². The van der Waals surface area contributed by atoms with E-state index in [1.54, 1.807) is 0 Å². The van der Waals surface area contributed by atoms with Gasteiger partial charge in [-0.05, 0) is 65.3 Å². The van der Waals surface area contributed by atoms with Gasteiger partial charge in [0.1, 0.15) is 22.2 Å². The molecule has 0 atom stereocenters. The maximum Gasteiger partial charge on any atom is 0.141 e. The topological polar surface area (TPSA) is 44.5 Å². The molecule has 0 aromatic heterocycles. The molecule has 3 nitrogen and oxygen atoms in total. The quantitative estimate of drug-likeness (QED) is 0.816. The molecular formula is C15H14BrNO2S. The molecular weight excluding hydrogens is 338 g/mol. The lowest BCUT2D eigenvalue weighted by Crippen LogP contribution is -2.08. The normalized spacial score (nSPS) is 10.1. The predicted octanol–water partition coefficient (Wildman–Crippen LogP) is 4.27. The molecule has 0 aliphatic carbocycles. The van der Waals surface area contributed by atoms with Crippen LogP contribution in [0.3, 0.4) is 0 Å². The molecule has 2 rings (SSSR count). The van der Waals surface area contributed by atoms with E-state index in [4.69, 9.17) is 27.4 Å². The van der Waals surface area contributed by atoms with Gasteiger partial charge in [-0.3, -0.25) is 0 Å². The summed E-state index contributed by atoms with van der Waals surface area (Å²) in [6, 6.07) is 13.0. The van der Waals surface area contributed by atoms with Gasteiger partial charge >= 0.3 is 0 Å². The van der Waals surface area contributed by atoms with Crippen molar-refractivity contribution in [2.45, 2.75) is 6.92 Å². The highest BCUT2D eigenvalue weighted by molar-refractivity contribution is 9.10. The molecule has 0 spiro atoms. The zero-order valence-corrected chi connectivity index (χ0v) is 13.3. The minimum atomic E-state index is 0.360. The number of halogens is 1. The number of hydrogen-bond acceptors (Lipinski definition) is 3. The zero-order chi connectivity index (χ0) is 14.5. The fraction of sp³-hybridized carbons (Fsp3) is 0.133. The van der Waals surface area contributed by atoms with Crippen LogP contribution in [0.15, 0.2) is 46.9 Å². The Hall–Kier alpha value is -1.59. The number of nitrogens with two attached hydrogens (primary N) is 1. The Morgan fingerprint density at radius 2 is 1.80 bits per heavy atom.